The Hall–Kier alpha value is -1.62. The third-order valence-corrected chi connectivity index (χ3v) is 2.45. The zero-order chi connectivity index (χ0) is 11.0. The van der Waals surface area contributed by atoms with E-state index in [0.717, 1.165) is 11.3 Å². The summed E-state index contributed by atoms with van der Waals surface area (Å²) in [6.45, 7) is 3.74. The zero-order valence-corrected chi connectivity index (χ0v) is 9.04. The van der Waals surface area contributed by atoms with Gasteiger partial charge in [-0.2, -0.15) is 5.10 Å². The van der Waals surface area contributed by atoms with Gasteiger partial charge in [0.25, 0.3) is 6.01 Å². The number of hydrogen-bond donors (Lipinski definition) is 1. The number of rotatable bonds is 1. The van der Waals surface area contributed by atoms with Gasteiger partial charge in [-0.3, -0.25) is 0 Å². The van der Waals surface area contributed by atoms with Gasteiger partial charge in [0.1, 0.15) is 0 Å². The van der Waals surface area contributed by atoms with E-state index in [4.69, 9.17) is 21.8 Å². The minimum Gasteiger partial charge on any atom is -0.424 e. The Labute approximate surface area is 91.3 Å². The Morgan fingerprint density at radius 2 is 2.07 bits per heavy atom. The summed E-state index contributed by atoms with van der Waals surface area (Å²) in [5, 5.41) is 7.99. The molecule has 0 aliphatic heterocycles. The molecule has 0 aliphatic carbocycles. The highest BCUT2D eigenvalue weighted by Crippen LogP contribution is 2.30. The lowest BCUT2D eigenvalue weighted by molar-refractivity contribution is 0.593. The maximum absolute atomic E-state index is 5.94. The molecule has 2 aromatic heterocycles. The van der Waals surface area contributed by atoms with Crippen molar-refractivity contribution in [3.05, 3.63) is 22.6 Å². The zero-order valence-electron chi connectivity index (χ0n) is 8.28. The molecule has 2 heterocycles. The van der Waals surface area contributed by atoms with Gasteiger partial charge in [0.2, 0.25) is 0 Å². The number of nitrogens with zero attached hydrogens (tertiary/aromatic N) is 3. The van der Waals surface area contributed by atoms with Gasteiger partial charge in [-0.05, 0) is 19.4 Å². The maximum atomic E-state index is 5.94. The lowest BCUT2D eigenvalue weighted by Gasteiger charge is -2.05. The van der Waals surface area contributed by atoms with E-state index < -0.39 is 0 Å². The number of anilines is 1. The van der Waals surface area contributed by atoms with Crippen LogP contribution in [0.3, 0.4) is 0 Å². The molecule has 6 heteroatoms. The first-order chi connectivity index (χ1) is 7.09. The van der Waals surface area contributed by atoms with Crippen LogP contribution < -0.4 is 5.73 Å². The Kier molecular flexibility index (Phi) is 2.32. The smallest absolute Gasteiger partial charge is 0.292 e. The Morgan fingerprint density at radius 1 is 1.33 bits per heavy atom. The molecular formula is C9H9ClN4O. The van der Waals surface area contributed by atoms with Gasteiger partial charge < -0.3 is 10.2 Å². The molecule has 0 saturated heterocycles. The molecule has 15 heavy (non-hydrogen) atoms. The van der Waals surface area contributed by atoms with Crippen molar-refractivity contribution >= 4 is 17.6 Å². The molecule has 0 spiro atoms. The summed E-state index contributed by atoms with van der Waals surface area (Å²) in [6.07, 6.45) is 1.52. The van der Waals surface area contributed by atoms with Gasteiger partial charge >= 0.3 is 0 Å². The van der Waals surface area contributed by atoms with Crippen LogP contribution in [0.1, 0.15) is 11.3 Å². The van der Waals surface area contributed by atoms with Gasteiger partial charge in [0.15, 0.2) is 10.9 Å². The van der Waals surface area contributed by atoms with Crippen LogP contribution in [0.5, 0.6) is 0 Å². The molecule has 0 fully saturated rings. The normalized spacial score (nSPS) is 10.6. The lowest BCUT2D eigenvalue weighted by Crippen LogP contribution is -1.95. The van der Waals surface area contributed by atoms with E-state index in [1.165, 1.54) is 6.20 Å². The third kappa shape index (κ3) is 1.66. The highest BCUT2D eigenvalue weighted by atomic mass is 35.5. The molecule has 0 aliphatic rings. The van der Waals surface area contributed by atoms with Gasteiger partial charge in [0, 0.05) is 0 Å². The van der Waals surface area contributed by atoms with Crippen molar-refractivity contribution in [1.82, 2.24) is 15.2 Å². The predicted molar refractivity (Wildman–Crippen MR) is 56.4 cm³/mol. The molecule has 2 N–H and O–H groups in total. The number of halogens is 1. The Morgan fingerprint density at radius 3 is 2.67 bits per heavy atom. The summed E-state index contributed by atoms with van der Waals surface area (Å²) in [5.41, 5.74) is 7.79. The van der Waals surface area contributed by atoms with E-state index in [9.17, 15) is 0 Å². The van der Waals surface area contributed by atoms with Crippen molar-refractivity contribution in [3.8, 4) is 11.3 Å². The second-order valence-electron chi connectivity index (χ2n) is 3.14. The number of nitrogen functional groups attached to an aromatic ring is 1. The Balaban J connectivity index is 2.66. The third-order valence-electron chi connectivity index (χ3n) is 2.18. The molecular weight excluding hydrogens is 216 g/mol. The van der Waals surface area contributed by atoms with Crippen LogP contribution in [0.2, 0.25) is 5.15 Å². The fraction of sp³-hybridized carbons (Fsp3) is 0.222. The molecule has 5 nitrogen and oxygen atoms in total. The van der Waals surface area contributed by atoms with E-state index in [1.54, 1.807) is 0 Å². The molecule has 2 aromatic rings. The lowest BCUT2D eigenvalue weighted by atomic mass is 10.1. The summed E-state index contributed by atoms with van der Waals surface area (Å²) in [4.78, 5) is 3.81. The van der Waals surface area contributed by atoms with Gasteiger partial charge in [0.05, 0.1) is 17.5 Å². The molecule has 0 aromatic carbocycles. The summed E-state index contributed by atoms with van der Waals surface area (Å²) in [5.74, 6) is 0.507. The average Bonchev–Trinajstić information content (AvgIpc) is 2.59. The van der Waals surface area contributed by atoms with Crippen LogP contribution >= 0.6 is 11.6 Å². The van der Waals surface area contributed by atoms with Crippen molar-refractivity contribution in [2.45, 2.75) is 13.8 Å². The monoisotopic (exact) mass is 224 g/mol. The second-order valence-corrected chi connectivity index (χ2v) is 3.50. The van der Waals surface area contributed by atoms with Gasteiger partial charge in [-0.1, -0.05) is 11.6 Å². The van der Waals surface area contributed by atoms with Crippen LogP contribution in [-0.4, -0.2) is 15.2 Å². The standard InChI is InChI=1S/C9H9ClN4O/c1-4-5(2)13-14-8(10)7(4)6-3-12-9(11)15-6/h3H,1-2H3,(H2,11,12). The highest BCUT2D eigenvalue weighted by molar-refractivity contribution is 6.32. The number of aromatic nitrogens is 3. The van der Waals surface area contributed by atoms with Crippen LogP contribution in [0.15, 0.2) is 10.6 Å². The van der Waals surface area contributed by atoms with E-state index in [-0.39, 0.29) is 11.2 Å². The topological polar surface area (TPSA) is 77.8 Å². The fourth-order valence-corrected chi connectivity index (χ4v) is 1.54. The average molecular weight is 225 g/mol. The SMILES string of the molecule is Cc1nnc(Cl)c(-c2cnc(N)o2)c1C. The minimum atomic E-state index is 0.106. The second kappa shape index (κ2) is 3.51. The van der Waals surface area contributed by atoms with Crippen molar-refractivity contribution in [2.75, 3.05) is 5.73 Å². The molecule has 2 rings (SSSR count). The van der Waals surface area contributed by atoms with E-state index in [0.29, 0.717) is 11.3 Å². The largest absolute Gasteiger partial charge is 0.424 e. The first kappa shape index (κ1) is 9.92. The summed E-state index contributed by atoms with van der Waals surface area (Å²) >= 11 is 5.94. The number of hydrogen-bond acceptors (Lipinski definition) is 5. The fourth-order valence-electron chi connectivity index (χ4n) is 1.27. The number of nitrogens with two attached hydrogens (primary N) is 1. The molecule has 0 bridgehead atoms. The maximum Gasteiger partial charge on any atom is 0.292 e. The Bertz CT molecular complexity index is 509. The van der Waals surface area contributed by atoms with Crippen LogP contribution in [0, 0.1) is 13.8 Å². The van der Waals surface area contributed by atoms with Crippen LogP contribution in [-0.2, 0) is 0 Å². The minimum absolute atomic E-state index is 0.106. The molecule has 0 amide bonds. The first-order valence-electron chi connectivity index (χ1n) is 4.30. The summed E-state index contributed by atoms with van der Waals surface area (Å²) in [7, 11) is 0. The molecule has 0 atom stereocenters. The van der Waals surface area contributed by atoms with Gasteiger partial charge in [-0.25, -0.2) is 4.98 Å². The van der Waals surface area contributed by atoms with Crippen LogP contribution in [0.4, 0.5) is 6.01 Å². The van der Waals surface area contributed by atoms with Crippen LogP contribution in [0.25, 0.3) is 11.3 Å². The molecule has 0 saturated carbocycles. The molecule has 0 radical (unpaired) electrons. The predicted octanol–water partition coefficient (Wildman–Crippen LogP) is 1.98. The van der Waals surface area contributed by atoms with E-state index in [2.05, 4.69) is 15.2 Å². The first-order valence-corrected chi connectivity index (χ1v) is 4.68. The molecule has 78 valence electrons. The van der Waals surface area contributed by atoms with Crippen molar-refractivity contribution < 1.29 is 4.42 Å². The van der Waals surface area contributed by atoms with Crippen molar-refractivity contribution in [3.63, 3.8) is 0 Å². The number of oxazole rings is 1. The van der Waals surface area contributed by atoms with E-state index >= 15 is 0 Å². The summed E-state index contributed by atoms with van der Waals surface area (Å²) < 4.78 is 5.20. The highest BCUT2D eigenvalue weighted by Gasteiger charge is 2.15. The van der Waals surface area contributed by atoms with E-state index in [1.807, 2.05) is 13.8 Å². The summed E-state index contributed by atoms with van der Waals surface area (Å²) in [6, 6.07) is 0.106. The van der Waals surface area contributed by atoms with Crippen molar-refractivity contribution in [1.29, 1.82) is 0 Å². The van der Waals surface area contributed by atoms with Gasteiger partial charge in [-0.15, -0.1) is 5.10 Å². The number of aryl methyl sites for hydroxylation is 1. The quantitative estimate of drug-likeness (QED) is 0.802. The molecule has 0 unspecified atom stereocenters. The van der Waals surface area contributed by atoms with Crippen molar-refractivity contribution in [2.24, 2.45) is 0 Å².